The highest BCUT2D eigenvalue weighted by molar-refractivity contribution is 5.73. The molecule has 0 saturated heterocycles. The minimum Gasteiger partial charge on any atom is -0.477 e. The number of carboxylic acids is 2. The Labute approximate surface area is 106 Å². The molecule has 0 saturated carbocycles. The Morgan fingerprint density at radius 3 is 2.22 bits per heavy atom. The first-order chi connectivity index (χ1) is 8.33. The largest absolute Gasteiger partial charge is 0.477 e. The van der Waals surface area contributed by atoms with Crippen LogP contribution in [0.1, 0.15) is 20.3 Å². The third-order valence-electron chi connectivity index (χ3n) is 2.76. The van der Waals surface area contributed by atoms with Crippen LogP contribution < -0.4 is 0 Å². The number of carboxylic acid groups (broad SMARTS) is 2. The molecule has 0 amide bonds. The Kier molecular flexibility index (Phi) is 4.61. The minimum atomic E-state index is -1.01. The number of hydrogen-bond acceptors (Lipinski definition) is 2. The van der Waals surface area contributed by atoms with Crippen LogP contribution in [-0.4, -0.2) is 57.2 Å². The lowest BCUT2D eigenvalue weighted by Crippen LogP contribution is -2.48. The van der Waals surface area contributed by atoms with E-state index in [1.54, 1.807) is 18.7 Å². The molecule has 1 rings (SSSR count). The molecule has 1 aliphatic rings. The van der Waals surface area contributed by atoms with Gasteiger partial charge < -0.3 is 10.2 Å². The molecular weight excluding hydrogens is 236 g/mol. The monoisotopic (exact) mass is 256 g/mol. The predicted molar refractivity (Wildman–Crippen MR) is 65.1 cm³/mol. The van der Waals surface area contributed by atoms with Crippen molar-refractivity contribution in [1.29, 1.82) is 0 Å². The van der Waals surface area contributed by atoms with Crippen LogP contribution in [0.25, 0.3) is 0 Å². The van der Waals surface area contributed by atoms with Gasteiger partial charge in [0.1, 0.15) is 0 Å². The van der Waals surface area contributed by atoms with E-state index in [0.29, 0.717) is 5.92 Å². The van der Waals surface area contributed by atoms with Gasteiger partial charge >= 0.3 is 18.3 Å². The fraction of sp³-hybridized carbons (Fsp3) is 0.583. The van der Waals surface area contributed by atoms with Gasteiger partial charge in [-0.1, -0.05) is 13.8 Å². The summed E-state index contributed by atoms with van der Waals surface area (Å²) in [7, 11) is 0. The van der Waals surface area contributed by atoms with Crippen molar-refractivity contribution in [1.82, 2.24) is 0 Å². The molecule has 0 aromatic carbocycles. The fourth-order valence-corrected chi connectivity index (χ4v) is 1.88. The Morgan fingerprint density at radius 2 is 1.78 bits per heavy atom. The maximum absolute atomic E-state index is 10.8. The number of nitrogens with zero attached hydrogens (tertiary/aromatic N) is 2. The molecule has 0 radical (unpaired) electrons. The van der Waals surface area contributed by atoms with Crippen LogP contribution in [0.3, 0.4) is 0 Å². The van der Waals surface area contributed by atoms with Crippen molar-refractivity contribution in [2.45, 2.75) is 20.3 Å². The van der Waals surface area contributed by atoms with E-state index in [1.807, 2.05) is 4.58 Å². The van der Waals surface area contributed by atoms with Crippen LogP contribution in [0.2, 0.25) is 0 Å². The molecule has 6 heteroatoms. The number of rotatable bonds is 7. The summed E-state index contributed by atoms with van der Waals surface area (Å²) < 4.78 is 1.70. The second kappa shape index (κ2) is 5.77. The highest BCUT2D eigenvalue weighted by Crippen LogP contribution is 2.12. The Balaban J connectivity index is 2.78. The zero-order valence-corrected chi connectivity index (χ0v) is 10.7. The molecule has 0 bridgehead atoms. The van der Waals surface area contributed by atoms with Crippen LogP contribution in [0, 0.1) is 5.92 Å². The topological polar surface area (TPSA) is 77.6 Å². The van der Waals surface area contributed by atoms with Crippen molar-refractivity contribution in [3.8, 4) is 0 Å². The fourth-order valence-electron chi connectivity index (χ4n) is 1.88. The van der Waals surface area contributed by atoms with Gasteiger partial charge in [0.2, 0.25) is 6.20 Å². The van der Waals surface area contributed by atoms with Crippen LogP contribution in [0.5, 0.6) is 0 Å². The molecule has 100 valence electrons. The molecule has 1 heterocycles. The van der Waals surface area contributed by atoms with Crippen LogP contribution in [-0.2, 0) is 9.59 Å². The molecule has 6 nitrogen and oxygen atoms in total. The SMILES string of the molecule is CC(C)CC[N+]1=C[N+](CC(=O)O)(CC(=O)O)C=C1. The van der Waals surface area contributed by atoms with Gasteiger partial charge in [0.05, 0.1) is 0 Å². The number of carbonyl (C=O) groups is 2. The first-order valence-corrected chi connectivity index (χ1v) is 5.94. The van der Waals surface area contributed by atoms with Crippen LogP contribution in [0.4, 0.5) is 0 Å². The summed E-state index contributed by atoms with van der Waals surface area (Å²) in [5, 5.41) is 17.8. The summed E-state index contributed by atoms with van der Waals surface area (Å²) in [6.45, 7) is 4.49. The highest BCUT2D eigenvalue weighted by Gasteiger charge is 2.38. The quantitative estimate of drug-likeness (QED) is 0.515. The van der Waals surface area contributed by atoms with E-state index in [-0.39, 0.29) is 17.6 Å². The lowest BCUT2D eigenvalue weighted by atomic mass is 10.1. The van der Waals surface area contributed by atoms with Crippen molar-refractivity contribution in [2.75, 3.05) is 19.6 Å². The molecule has 0 fully saturated rings. The van der Waals surface area contributed by atoms with E-state index in [0.717, 1.165) is 13.0 Å². The molecule has 0 aromatic rings. The van der Waals surface area contributed by atoms with E-state index in [2.05, 4.69) is 13.8 Å². The third kappa shape index (κ3) is 4.29. The van der Waals surface area contributed by atoms with Gasteiger partial charge in [-0.05, 0) is 5.92 Å². The van der Waals surface area contributed by atoms with Gasteiger partial charge in [0.25, 0.3) is 0 Å². The van der Waals surface area contributed by atoms with E-state index in [4.69, 9.17) is 10.2 Å². The number of hydrogen-bond donors (Lipinski definition) is 2. The third-order valence-corrected chi connectivity index (χ3v) is 2.76. The standard InChI is InChI=1S/C12H18N2O4/c1-10(2)3-4-13-5-6-14(9-13,7-11(15)16)8-12(17)18/h5-6,9-10H,3-4,7-8H2,1-2H3/p+2. The lowest BCUT2D eigenvalue weighted by molar-refractivity contribution is -0.774. The van der Waals surface area contributed by atoms with E-state index in [1.165, 1.54) is 0 Å². The zero-order chi connectivity index (χ0) is 13.8. The van der Waals surface area contributed by atoms with Gasteiger partial charge in [0.15, 0.2) is 25.8 Å². The van der Waals surface area contributed by atoms with Gasteiger partial charge in [-0.2, -0.15) is 9.06 Å². The summed E-state index contributed by atoms with van der Waals surface area (Å²) in [4.78, 5) is 21.7. The second-order valence-corrected chi connectivity index (χ2v) is 5.04. The average Bonchev–Trinajstić information content (AvgIpc) is 2.56. The average molecular weight is 256 g/mol. The molecule has 2 N–H and O–H groups in total. The first kappa shape index (κ1) is 14.4. The molecule has 0 unspecified atom stereocenters. The van der Waals surface area contributed by atoms with Crippen molar-refractivity contribution in [3.05, 3.63) is 12.4 Å². The zero-order valence-electron chi connectivity index (χ0n) is 10.7. The van der Waals surface area contributed by atoms with E-state index in [9.17, 15) is 9.59 Å². The van der Waals surface area contributed by atoms with Gasteiger partial charge in [0, 0.05) is 6.42 Å². The van der Waals surface area contributed by atoms with Crippen LogP contribution in [0.15, 0.2) is 12.4 Å². The number of aliphatic carboxylic acids is 2. The summed E-state index contributed by atoms with van der Waals surface area (Å²) in [6.07, 6.45) is 6.03. The highest BCUT2D eigenvalue weighted by atomic mass is 16.4. The van der Waals surface area contributed by atoms with Gasteiger partial charge in [-0.3, -0.25) is 0 Å². The van der Waals surface area contributed by atoms with E-state index < -0.39 is 11.9 Å². The maximum atomic E-state index is 10.8. The lowest BCUT2D eigenvalue weighted by Gasteiger charge is -2.19. The Hall–Kier alpha value is -1.69. The normalized spacial score (nSPS) is 16.9. The molecule has 0 atom stereocenters. The first-order valence-electron chi connectivity index (χ1n) is 5.94. The summed E-state index contributed by atoms with van der Waals surface area (Å²) in [5.74, 6) is -1.47. The van der Waals surface area contributed by atoms with Crippen LogP contribution >= 0.6 is 0 Å². The van der Waals surface area contributed by atoms with E-state index >= 15 is 0 Å². The summed E-state index contributed by atoms with van der Waals surface area (Å²) >= 11 is 0. The molecule has 0 aliphatic carbocycles. The van der Waals surface area contributed by atoms with Crippen molar-refractivity contribution >= 4 is 18.3 Å². The number of quaternary nitrogens is 1. The maximum Gasteiger partial charge on any atom is 0.360 e. The second-order valence-electron chi connectivity index (χ2n) is 5.04. The predicted octanol–water partition coefficient (Wildman–Crippen LogP) is 0.544. The molecule has 0 spiro atoms. The smallest absolute Gasteiger partial charge is 0.360 e. The molecule has 18 heavy (non-hydrogen) atoms. The van der Waals surface area contributed by atoms with Crippen molar-refractivity contribution in [2.24, 2.45) is 5.92 Å². The Morgan fingerprint density at radius 1 is 1.22 bits per heavy atom. The Bertz CT molecular complexity index is 383. The van der Waals surface area contributed by atoms with Gasteiger partial charge in [-0.15, -0.1) is 0 Å². The van der Waals surface area contributed by atoms with Crippen molar-refractivity contribution < 1.29 is 28.9 Å². The molecular formula is C12H20N2O4+2. The summed E-state index contributed by atoms with van der Waals surface area (Å²) in [6, 6.07) is 0. The van der Waals surface area contributed by atoms with Crippen molar-refractivity contribution in [3.63, 3.8) is 0 Å². The van der Waals surface area contributed by atoms with Gasteiger partial charge in [-0.25, -0.2) is 9.59 Å². The summed E-state index contributed by atoms with van der Waals surface area (Å²) in [5.41, 5.74) is 0. The molecule has 0 aromatic heterocycles. The minimum absolute atomic E-state index is 0.164. The molecule has 1 aliphatic heterocycles.